The zero-order chi connectivity index (χ0) is 18.8. The van der Waals surface area contributed by atoms with Crippen LogP contribution in [0.5, 0.6) is 11.6 Å². The van der Waals surface area contributed by atoms with Gasteiger partial charge in [0.15, 0.2) is 5.43 Å². The van der Waals surface area contributed by atoms with E-state index in [1.54, 1.807) is 36.5 Å². The van der Waals surface area contributed by atoms with Gasteiger partial charge in [0.25, 0.3) is 0 Å². The normalized spacial score (nSPS) is 10.7. The fraction of sp³-hybridized carbons (Fsp3) is 0. The predicted molar refractivity (Wildman–Crippen MR) is 96.6 cm³/mol. The minimum Gasteiger partial charge on any atom is -0.507 e. The van der Waals surface area contributed by atoms with Gasteiger partial charge in [-0.15, -0.1) is 0 Å². The molecule has 132 valence electrons. The van der Waals surface area contributed by atoms with Crippen LogP contribution in [0.1, 0.15) is 10.4 Å². The molecule has 0 bridgehead atoms. The Bertz CT molecular complexity index is 1180. The lowest BCUT2D eigenvalue weighted by molar-refractivity contribution is 0.0727. The summed E-state index contributed by atoms with van der Waals surface area (Å²) >= 11 is 0. The van der Waals surface area contributed by atoms with E-state index in [2.05, 4.69) is 9.97 Å². The zero-order valence-corrected chi connectivity index (χ0v) is 13.8. The van der Waals surface area contributed by atoms with Crippen LogP contribution < -0.4 is 10.2 Å². The van der Waals surface area contributed by atoms with Gasteiger partial charge in [-0.1, -0.05) is 6.07 Å². The van der Waals surface area contributed by atoms with Crippen molar-refractivity contribution in [3.05, 3.63) is 82.9 Å². The topological polar surface area (TPSA) is 103 Å². The maximum Gasteiger partial charge on any atom is 0.346 e. The second-order valence-electron chi connectivity index (χ2n) is 5.64. The van der Waals surface area contributed by atoms with Crippen molar-refractivity contribution in [3.63, 3.8) is 0 Å². The maximum atomic E-state index is 12.2. The highest BCUT2D eigenvalue weighted by Crippen LogP contribution is 2.26. The molecule has 27 heavy (non-hydrogen) atoms. The highest BCUT2D eigenvalue weighted by molar-refractivity contribution is 5.90. The molecule has 1 aromatic carbocycles. The summed E-state index contributed by atoms with van der Waals surface area (Å²) in [5, 5.41) is 9.92. The third kappa shape index (κ3) is 3.25. The number of pyridine rings is 2. The van der Waals surface area contributed by atoms with Crippen LogP contribution in [-0.4, -0.2) is 21.0 Å². The molecule has 0 saturated heterocycles. The van der Waals surface area contributed by atoms with Gasteiger partial charge in [-0.25, -0.2) is 9.78 Å². The van der Waals surface area contributed by atoms with Crippen molar-refractivity contribution in [2.24, 2.45) is 0 Å². The molecule has 7 nitrogen and oxygen atoms in total. The molecule has 0 amide bonds. The van der Waals surface area contributed by atoms with Gasteiger partial charge in [-0.05, 0) is 30.3 Å². The van der Waals surface area contributed by atoms with Crippen LogP contribution in [0.25, 0.3) is 22.3 Å². The molecule has 7 heteroatoms. The number of phenolic OH excluding ortho intramolecular Hbond substituents is 1. The summed E-state index contributed by atoms with van der Waals surface area (Å²) in [6.45, 7) is 0. The molecule has 0 radical (unpaired) electrons. The van der Waals surface area contributed by atoms with Crippen molar-refractivity contribution in [2.75, 3.05) is 0 Å². The molecule has 0 aliphatic carbocycles. The van der Waals surface area contributed by atoms with Crippen molar-refractivity contribution in [2.45, 2.75) is 0 Å². The van der Waals surface area contributed by atoms with E-state index in [0.29, 0.717) is 11.1 Å². The molecule has 0 aliphatic heterocycles. The molecule has 0 aliphatic rings. The van der Waals surface area contributed by atoms with E-state index in [1.807, 2.05) is 0 Å². The molecule has 1 N–H and O–H groups in total. The quantitative estimate of drug-likeness (QED) is 0.560. The summed E-state index contributed by atoms with van der Waals surface area (Å²) in [5.74, 6) is -0.316. The molecule has 4 rings (SSSR count). The molecule has 0 unspecified atom stereocenters. The average molecular weight is 360 g/mol. The first kappa shape index (κ1) is 16.5. The third-order valence-electron chi connectivity index (χ3n) is 3.85. The minimum absolute atomic E-state index is 0.105. The van der Waals surface area contributed by atoms with Crippen molar-refractivity contribution >= 4 is 16.9 Å². The van der Waals surface area contributed by atoms with E-state index < -0.39 is 5.97 Å². The predicted octanol–water partition coefficient (Wildman–Crippen LogP) is 3.17. The van der Waals surface area contributed by atoms with Gasteiger partial charge in [0.05, 0.1) is 5.56 Å². The van der Waals surface area contributed by atoms with Gasteiger partial charge in [-0.3, -0.25) is 9.78 Å². The highest BCUT2D eigenvalue weighted by Gasteiger charge is 2.12. The Balaban J connectivity index is 1.62. The van der Waals surface area contributed by atoms with Gasteiger partial charge in [0.1, 0.15) is 22.5 Å². The van der Waals surface area contributed by atoms with Crippen LogP contribution in [0.2, 0.25) is 0 Å². The number of rotatable bonds is 3. The standard InChI is InChI=1S/C20H12N2O5/c23-14-4-1-5-16-19(14)15(24)9-17(26-16)12-6-7-18(22-11-12)27-20(25)13-3-2-8-21-10-13/h1-11,23H. The second-order valence-corrected chi connectivity index (χ2v) is 5.64. The number of carbonyl (C=O) groups excluding carboxylic acids is 1. The van der Waals surface area contributed by atoms with Crippen LogP contribution in [0, 0.1) is 0 Å². The molecule has 0 saturated carbocycles. The Morgan fingerprint density at radius 1 is 1.07 bits per heavy atom. The van der Waals surface area contributed by atoms with Crippen molar-refractivity contribution in [1.82, 2.24) is 9.97 Å². The molecule has 3 aromatic heterocycles. The molecule has 0 spiro atoms. The number of fused-ring (bicyclic) bond motifs is 1. The largest absolute Gasteiger partial charge is 0.507 e. The fourth-order valence-electron chi connectivity index (χ4n) is 2.56. The van der Waals surface area contributed by atoms with Crippen molar-refractivity contribution in [3.8, 4) is 23.0 Å². The number of esters is 1. The fourth-order valence-corrected chi connectivity index (χ4v) is 2.56. The van der Waals surface area contributed by atoms with Crippen LogP contribution in [0.3, 0.4) is 0 Å². The Hall–Kier alpha value is -4.00. The smallest absolute Gasteiger partial charge is 0.346 e. The van der Waals surface area contributed by atoms with E-state index in [4.69, 9.17) is 9.15 Å². The lowest BCUT2D eigenvalue weighted by atomic mass is 10.1. The minimum atomic E-state index is -0.573. The summed E-state index contributed by atoms with van der Waals surface area (Å²) in [6, 6.07) is 12.2. The lowest BCUT2D eigenvalue weighted by Gasteiger charge is -2.06. The first-order chi connectivity index (χ1) is 13.1. The van der Waals surface area contributed by atoms with E-state index in [1.165, 1.54) is 30.6 Å². The van der Waals surface area contributed by atoms with Gasteiger partial charge in [-0.2, -0.15) is 0 Å². The first-order valence-electron chi connectivity index (χ1n) is 7.96. The van der Waals surface area contributed by atoms with E-state index in [0.717, 1.165) is 0 Å². The lowest BCUT2D eigenvalue weighted by Crippen LogP contribution is -2.09. The first-order valence-corrected chi connectivity index (χ1v) is 7.96. The van der Waals surface area contributed by atoms with Crippen molar-refractivity contribution in [1.29, 1.82) is 0 Å². The van der Waals surface area contributed by atoms with Gasteiger partial charge >= 0.3 is 5.97 Å². The summed E-state index contributed by atoms with van der Waals surface area (Å²) in [4.78, 5) is 32.2. The summed E-state index contributed by atoms with van der Waals surface area (Å²) in [7, 11) is 0. The molecule has 4 aromatic rings. The number of aromatic hydroxyl groups is 1. The molecular formula is C20H12N2O5. The SMILES string of the molecule is O=C(Oc1ccc(-c2cc(=O)c3c(O)cccc3o2)cn1)c1cccnc1. The number of hydrogen-bond acceptors (Lipinski definition) is 7. The van der Waals surface area contributed by atoms with Crippen LogP contribution in [0.15, 0.2) is 76.3 Å². The number of aromatic nitrogens is 2. The van der Waals surface area contributed by atoms with E-state index in [-0.39, 0.29) is 33.8 Å². The number of phenols is 1. The number of ether oxygens (including phenoxy) is 1. The monoisotopic (exact) mass is 360 g/mol. The average Bonchev–Trinajstić information content (AvgIpc) is 2.69. The summed E-state index contributed by atoms with van der Waals surface area (Å²) in [6.07, 6.45) is 4.38. The van der Waals surface area contributed by atoms with Crippen LogP contribution >= 0.6 is 0 Å². The number of nitrogens with zero attached hydrogens (tertiary/aromatic N) is 2. The molecule has 0 fully saturated rings. The molecule has 0 atom stereocenters. The second kappa shape index (κ2) is 6.72. The van der Waals surface area contributed by atoms with Crippen LogP contribution in [-0.2, 0) is 0 Å². The number of hydrogen-bond donors (Lipinski definition) is 1. The zero-order valence-electron chi connectivity index (χ0n) is 13.8. The van der Waals surface area contributed by atoms with Gasteiger partial charge < -0.3 is 14.3 Å². The molecular weight excluding hydrogens is 348 g/mol. The molecule has 3 heterocycles. The summed E-state index contributed by atoms with van der Waals surface area (Å²) in [5.41, 5.74) is 0.739. The van der Waals surface area contributed by atoms with Gasteiger partial charge in [0, 0.05) is 36.3 Å². The maximum absolute atomic E-state index is 12.2. The van der Waals surface area contributed by atoms with E-state index >= 15 is 0 Å². The summed E-state index contributed by atoms with van der Waals surface area (Å²) < 4.78 is 10.9. The Kier molecular flexibility index (Phi) is 4.10. The highest BCUT2D eigenvalue weighted by atomic mass is 16.5. The Labute approximate surface area is 152 Å². The third-order valence-corrected chi connectivity index (χ3v) is 3.85. The Morgan fingerprint density at radius 3 is 2.70 bits per heavy atom. The van der Waals surface area contributed by atoms with Gasteiger partial charge in [0.2, 0.25) is 5.88 Å². The number of carbonyl (C=O) groups is 1. The van der Waals surface area contributed by atoms with Crippen LogP contribution in [0.4, 0.5) is 0 Å². The van der Waals surface area contributed by atoms with E-state index in [9.17, 15) is 14.7 Å². The Morgan fingerprint density at radius 2 is 1.96 bits per heavy atom. The van der Waals surface area contributed by atoms with Crippen molar-refractivity contribution < 1.29 is 19.1 Å². The number of benzene rings is 1.